The number of halogens is 1. The SMILES string of the molecule is NC(=O)C(Cl)C1CCOCC1. The van der Waals surface area contributed by atoms with Crippen LogP contribution < -0.4 is 5.73 Å². The summed E-state index contributed by atoms with van der Waals surface area (Å²) in [5, 5.41) is -0.515. The van der Waals surface area contributed by atoms with E-state index < -0.39 is 11.3 Å². The molecule has 11 heavy (non-hydrogen) atoms. The Hall–Kier alpha value is -0.280. The smallest absolute Gasteiger partial charge is 0.235 e. The number of hydrogen-bond acceptors (Lipinski definition) is 2. The zero-order chi connectivity index (χ0) is 8.27. The maximum atomic E-state index is 10.6. The van der Waals surface area contributed by atoms with Crippen molar-refractivity contribution in [1.29, 1.82) is 0 Å². The van der Waals surface area contributed by atoms with Crippen LogP contribution in [0.1, 0.15) is 12.8 Å². The molecule has 0 spiro atoms. The molecule has 1 aliphatic heterocycles. The second kappa shape index (κ2) is 3.93. The number of ether oxygens (including phenoxy) is 1. The van der Waals surface area contributed by atoms with Gasteiger partial charge in [-0.1, -0.05) is 0 Å². The van der Waals surface area contributed by atoms with Gasteiger partial charge in [0.25, 0.3) is 0 Å². The summed E-state index contributed by atoms with van der Waals surface area (Å²) >= 11 is 5.76. The summed E-state index contributed by atoms with van der Waals surface area (Å²) in [6.07, 6.45) is 1.69. The van der Waals surface area contributed by atoms with Crippen LogP contribution in [0.4, 0.5) is 0 Å². The Morgan fingerprint density at radius 1 is 1.55 bits per heavy atom. The van der Waals surface area contributed by atoms with Crippen LogP contribution in [0.15, 0.2) is 0 Å². The number of primary amides is 1. The summed E-state index contributed by atoms with van der Waals surface area (Å²) in [5.41, 5.74) is 5.06. The van der Waals surface area contributed by atoms with Crippen LogP contribution >= 0.6 is 11.6 Å². The highest BCUT2D eigenvalue weighted by molar-refractivity contribution is 6.30. The molecule has 0 bridgehead atoms. The minimum absolute atomic E-state index is 0.211. The summed E-state index contributed by atoms with van der Waals surface area (Å²) in [5.74, 6) is -0.207. The van der Waals surface area contributed by atoms with Crippen molar-refractivity contribution in [3.05, 3.63) is 0 Å². The largest absolute Gasteiger partial charge is 0.381 e. The quantitative estimate of drug-likeness (QED) is 0.625. The number of nitrogens with two attached hydrogens (primary N) is 1. The van der Waals surface area contributed by atoms with Gasteiger partial charge < -0.3 is 10.5 Å². The fraction of sp³-hybridized carbons (Fsp3) is 0.857. The molecular weight excluding hydrogens is 166 g/mol. The molecule has 1 amide bonds. The van der Waals surface area contributed by atoms with Gasteiger partial charge in [-0.2, -0.15) is 0 Å². The predicted molar refractivity (Wildman–Crippen MR) is 42.4 cm³/mol. The molecule has 0 aromatic carbocycles. The first-order valence-corrected chi connectivity index (χ1v) is 4.16. The van der Waals surface area contributed by atoms with Gasteiger partial charge in [0.2, 0.25) is 5.91 Å². The van der Waals surface area contributed by atoms with Gasteiger partial charge in [-0.25, -0.2) is 0 Å². The van der Waals surface area contributed by atoms with Gasteiger partial charge >= 0.3 is 0 Å². The fourth-order valence-corrected chi connectivity index (χ4v) is 1.49. The molecule has 1 atom stereocenters. The fourth-order valence-electron chi connectivity index (χ4n) is 1.24. The summed E-state index contributed by atoms with van der Waals surface area (Å²) in [6.45, 7) is 1.39. The molecule has 0 radical (unpaired) electrons. The highest BCUT2D eigenvalue weighted by Crippen LogP contribution is 2.22. The number of alkyl halides is 1. The van der Waals surface area contributed by atoms with Crippen molar-refractivity contribution in [2.45, 2.75) is 18.2 Å². The second-order valence-electron chi connectivity index (χ2n) is 2.75. The molecule has 0 saturated carbocycles. The lowest BCUT2D eigenvalue weighted by molar-refractivity contribution is -0.119. The second-order valence-corrected chi connectivity index (χ2v) is 3.22. The number of amides is 1. The molecule has 0 aromatic heterocycles. The lowest BCUT2D eigenvalue weighted by Gasteiger charge is -2.24. The predicted octanol–water partition coefficient (Wildman–Crippen LogP) is 0.506. The van der Waals surface area contributed by atoms with Crippen LogP contribution in [0.25, 0.3) is 0 Å². The van der Waals surface area contributed by atoms with Gasteiger partial charge in [0.1, 0.15) is 5.38 Å². The first-order valence-electron chi connectivity index (χ1n) is 3.73. The van der Waals surface area contributed by atoms with Gasteiger partial charge in [-0.05, 0) is 18.8 Å². The van der Waals surface area contributed by atoms with Crippen LogP contribution in [-0.4, -0.2) is 24.5 Å². The van der Waals surface area contributed by atoms with Crippen molar-refractivity contribution in [2.24, 2.45) is 11.7 Å². The Balaban J connectivity index is 2.38. The average Bonchev–Trinajstić information content (AvgIpc) is 2.05. The Bertz CT molecular complexity index is 145. The summed E-state index contributed by atoms with van der Waals surface area (Å²) in [7, 11) is 0. The molecule has 64 valence electrons. The highest BCUT2D eigenvalue weighted by atomic mass is 35.5. The van der Waals surface area contributed by atoms with Crippen LogP contribution in [0, 0.1) is 5.92 Å². The van der Waals surface area contributed by atoms with E-state index in [1.54, 1.807) is 0 Å². The first kappa shape index (κ1) is 8.81. The third-order valence-electron chi connectivity index (χ3n) is 1.95. The van der Waals surface area contributed by atoms with E-state index in [1.165, 1.54) is 0 Å². The maximum Gasteiger partial charge on any atom is 0.235 e. The van der Waals surface area contributed by atoms with Gasteiger partial charge in [0, 0.05) is 13.2 Å². The Kier molecular flexibility index (Phi) is 3.15. The third kappa shape index (κ3) is 2.34. The van der Waals surface area contributed by atoms with Crippen molar-refractivity contribution in [2.75, 3.05) is 13.2 Å². The molecule has 1 rings (SSSR count). The van der Waals surface area contributed by atoms with Gasteiger partial charge in [0.15, 0.2) is 0 Å². The van der Waals surface area contributed by atoms with Gasteiger partial charge in [-0.15, -0.1) is 11.6 Å². The Morgan fingerprint density at radius 2 is 2.09 bits per heavy atom. The van der Waals surface area contributed by atoms with E-state index >= 15 is 0 Å². The third-order valence-corrected chi connectivity index (χ3v) is 2.52. The molecule has 1 saturated heterocycles. The van der Waals surface area contributed by atoms with E-state index in [1.807, 2.05) is 0 Å². The van der Waals surface area contributed by atoms with Crippen LogP contribution in [-0.2, 0) is 9.53 Å². The van der Waals surface area contributed by atoms with E-state index in [0.29, 0.717) is 13.2 Å². The van der Waals surface area contributed by atoms with Crippen molar-refractivity contribution >= 4 is 17.5 Å². The van der Waals surface area contributed by atoms with Crippen molar-refractivity contribution in [1.82, 2.24) is 0 Å². The number of carbonyl (C=O) groups excluding carboxylic acids is 1. The van der Waals surface area contributed by atoms with E-state index in [-0.39, 0.29) is 5.92 Å². The topological polar surface area (TPSA) is 52.3 Å². The molecule has 4 heteroatoms. The molecule has 1 unspecified atom stereocenters. The molecule has 0 aromatic rings. The highest BCUT2D eigenvalue weighted by Gasteiger charge is 2.25. The van der Waals surface area contributed by atoms with E-state index in [9.17, 15) is 4.79 Å². The molecule has 1 aliphatic rings. The molecule has 2 N–H and O–H groups in total. The first-order chi connectivity index (χ1) is 5.22. The van der Waals surface area contributed by atoms with Crippen molar-refractivity contribution < 1.29 is 9.53 Å². The lowest BCUT2D eigenvalue weighted by atomic mass is 9.96. The summed E-state index contributed by atoms with van der Waals surface area (Å²) in [4.78, 5) is 10.6. The van der Waals surface area contributed by atoms with E-state index in [4.69, 9.17) is 22.1 Å². The zero-order valence-electron chi connectivity index (χ0n) is 6.25. The van der Waals surface area contributed by atoms with Crippen LogP contribution in [0.2, 0.25) is 0 Å². The summed E-state index contributed by atoms with van der Waals surface area (Å²) < 4.78 is 5.12. The monoisotopic (exact) mass is 177 g/mol. The van der Waals surface area contributed by atoms with Gasteiger partial charge in [-0.3, -0.25) is 4.79 Å². The normalized spacial score (nSPS) is 23.0. The summed E-state index contributed by atoms with van der Waals surface area (Å²) in [6, 6.07) is 0. The van der Waals surface area contributed by atoms with E-state index in [0.717, 1.165) is 12.8 Å². The number of rotatable bonds is 2. The van der Waals surface area contributed by atoms with Crippen molar-refractivity contribution in [3.63, 3.8) is 0 Å². The molecule has 0 aliphatic carbocycles. The Morgan fingerprint density at radius 3 is 2.55 bits per heavy atom. The minimum atomic E-state index is -0.515. The zero-order valence-corrected chi connectivity index (χ0v) is 7.01. The van der Waals surface area contributed by atoms with Gasteiger partial charge in [0.05, 0.1) is 0 Å². The molecule has 1 heterocycles. The average molecular weight is 178 g/mol. The van der Waals surface area contributed by atoms with Crippen LogP contribution in [0.3, 0.4) is 0 Å². The van der Waals surface area contributed by atoms with Crippen molar-refractivity contribution in [3.8, 4) is 0 Å². The lowest BCUT2D eigenvalue weighted by Crippen LogP contribution is -2.34. The minimum Gasteiger partial charge on any atom is -0.381 e. The van der Waals surface area contributed by atoms with Crippen LogP contribution in [0.5, 0.6) is 0 Å². The Labute approximate surface area is 70.8 Å². The number of carbonyl (C=O) groups is 1. The maximum absolute atomic E-state index is 10.6. The molecule has 1 fully saturated rings. The molecular formula is C7H12ClNO2. The standard InChI is InChI=1S/C7H12ClNO2/c8-6(7(9)10)5-1-3-11-4-2-5/h5-6H,1-4H2,(H2,9,10). The molecule has 3 nitrogen and oxygen atoms in total. The van der Waals surface area contributed by atoms with E-state index in [2.05, 4.69) is 0 Å². The number of hydrogen-bond donors (Lipinski definition) is 1.